The number of carboxylic acids is 2. The number of nitrogens with zero attached hydrogens (tertiary/aromatic N) is 2. The van der Waals surface area contributed by atoms with Crippen molar-refractivity contribution in [1.82, 2.24) is 15.1 Å². The Hall–Kier alpha value is -3.57. The van der Waals surface area contributed by atoms with Gasteiger partial charge in [-0.1, -0.05) is 11.6 Å². The molecule has 1 heterocycles. The van der Waals surface area contributed by atoms with Crippen LogP contribution in [0.2, 0.25) is 5.02 Å². The van der Waals surface area contributed by atoms with Gasteiger partial charge in [0.15, 0.2) is 11.5 Å². The number of carbonyl (C=O) groups is 2. The summed E-state index contributed by atoms with van der Waals surface area (Å²) in [4.78, 5) is 32.9. The molecule has 4 N–H and O–H groups in total. The topological polar surface area (TPSA) is 154 Å². The molecule has 0 aliphatic rings. The Morgan fingerprint density at radius 3 is 2.41 bits per heavy atom. The first-order chi connectivity index (χ1) is 16.2. The fourth-order valence-electron chi connectivity index (χ4n) is 2.74. The maximum Gasteiger partial charge on any atom is 0.328 e. The smallest absolute Gasteiger partial charge is 0.328 e. The minimum Gasteiger partial charge on any atom is -0.493 e. The monoisotopic (exact) mass is 496 g/mol. The van der Waals surface area contributed by atoms with Crippen LogP contribution in [0.1, 0.15) is 12.0 Å². The average Bonchev–Trinajstić information content (AvgIpc) is 2.80. The van der Waals surface area contributed by atoms with E-state index in [2.05, 4.69) is 27.5 Å². The Morgan fingerprint density at radius 1 is 1.18 bits per heavy atom. The first-order valence-corrected chi connectivity index (χ1v) is 10.6. The zero-order chi connectivity index (χ0) is 25.5. The summed E-state index contributed by atoms with van der Waals surface area (Å²) in [7, 11) is 5.25. The van der Waals surface area contributed by atoms with Gasteiger partial charge in [0.2, 0.25) is 0 Å². The standard InChI is InChI=1S/C18H25ClN4O3.C4H4O4/c1-23(9-4-7-20-15-5-8-21-22-18(15)24)10-6-13-11-14(19)17(26-3)16(12-13)25-2;5-3(6)1-2-4(7)8/h5,8,11-12H,4,6-7,9-10H2,1-3H3,(H,20,21)(H,22,24);1-2H,(H,5,6)(H,7,8)/b;2-1+. The molecular formula is C22H29ClN4O7. The molecule has 0 radical (unpaired) electrons. The number of ether oxygens (including phenoxy) is 2. The molecule has 0 amide bonds. The van der Waals surface area contributed by atoms with E-state index in [9.17, 15) is 14.4 Å². The molecule has 1 aromatic carbocycles. The number of halogens is 1. The number of hydrogen-bond acceptors (Lipinski definition) is 8. The van der Waals surface area contributed by atoms with Gasteiger partial charge < -0.3 is 29.9 Å². The second-order valence-electron chi connectivity index (χ2n) is 6.96. The summed E-state index contributed by atoms with van der Waals surface area (Å²) in [6.45, 7) is 2.53. The lowest BCUT2D eigenvalue weighted by atomic mass is 10.1. The Kier molecular flexibility index (Phi) is 12.8. The van der Waals surface area contributed by atoms with Gasteiger partial charge in [-0.2, -0.15) is 5.10 Å². The van der Waals surface area contributed by atoms with Crippen LogP contribution in [-0.4, -0.2) is 78.2 Å². The molecule has 1 aromatic heterocycles. The Labute approximate surface area is 202 Å². The van der Waals surface area contributed by atoms with Gasteiger partial charge in [0.05, 0.1) is 19.2 Å². The van der Waals surface area contributed by atoms with E-state index in [1.807, 2.05) is 12.1 Å². The second-order valence-corrected chi connectivity index (χ2v) is 7.36. The van der Waals surface area contributed by atoms with Crippen LogP contribution < -0.4 is 20.3 Å². The normalized spacial score (nSPS) is 10.5. The highest BCUT2D eigenvalue weighted by molar-refractivity contribution is 6.32. The largest absolute Gasteiger partial charge is 0.493 e. The van der Waals surface area contributed by atoms with Crippen molar-refractivity contribution < 1.29 is 29.3 Å². The molecule has 0 aliphatic heterocycles. The number of H-pyrrole nitrogens is 1. The molecule has 0 saturated carbocycles. The van der Waals surface area contributed by atoms with Crippen LogP contribution in [0.15, 0.2) is 41.3 Å². The number of hydrogen-bond donors (Lipinski definition) is 4. The van der Waals surface area contributed by atoms with Gasteiger partial charge in [0.1, 0.15) is 5.69 Å². The van der Waals surface area contributed by atoms with E-state index in [4.69, 9.17) is 31.3 Å². The van der Waals surface area contributed by atoms with Crippen LogP contribution in [0, 0.1) is 0 Å². The average molecular weight is 497 g/mol. The van der Waals surface area contributed by atoms with Gasteiger partial charge in [-0.05, 0) is 50.2 Å². The summed E-state index contributed by atoms with van der Waals surface area (Å²) < 4.78 is 10.6. The molecule has 12 heteroatoms. The number of rotatable bonds is 12. The maximum atomic E-state index is 11.5. The van der Waals surface area contributed by atoms with Crippen molar-refractivity contribution in [3.05, 3.63) is 57.5 Å². The molecule has 34 heavy (non-hydrogen) atoms. The van der Waals surface area contributed by atoms with Gasteiger partial charge in [-0.3, -0.25) is 4.79 Å². The maximum absolute atomic E-state index is 11.5. The van der Waals surface area contributed by atoms with Crippen LogP contribution in [0.3, 0.4) is 0 Å². The molecule has 0 fully saturated rings. The third-order valence-corrected chi connectivity index (χ3v) is 4.68. The van der Waals surface area contributed by atoms with E-state index in [0.29, 0.717) is 34.4 Å². The predicted molar refractivity (Wildman–Crippen MR) is 128 cm³/mol. The Balaban J connectivity index is 0.000000620. The lowest BCUT2D eigenvalue weighted by Gasteiger charge is -2.18. The molecule has 0 saturated heterocycles. The van der Waals surface area contributed by atoms with Crippen molar-refractivity contribution in [3.63, 3.8) is 0 Å². The summed E-state index contributed by atoms with van der Waals surface area (Å²) >= 11 is 6.24. The van der Waals surface area contributed by atoms with E-state index in [0.717, 1.165) is 38.0 Å². The van der Waals surface area contributed by atoms with Gasteiger partial charge >= 0.3 is 11.9 Å². The Morgan fingerprint density at radius 2 is 1.85 bits per heavy atom. The van der Waals surface area contributed by atoms with Crippen LogP contribution in [0.4, 0.5) is 5.69 Å². The van der Waals surface area contributed by atoms with Gasteiger partial charge in [0.25, 0.3) is 5.56 Å². The lowest BCUT2D eigenvalue weighted by molar-refractivity contribution is -0.134. The minimum atomic E-state index is -1.26. The number of nitrogens with one attached hydrogen (secondary N) is 2. The van der Waals surface area contributed by atoms with Gasteiger partial charge in [-0.15, -0.1) is 0 Å². The summed E-state index contributed by atoms with van der Waals surface area (Å²) in [6, 6.07) is 5.53. The van der Waals surface area contributed by atoms with Crippen molar-refractivity contribution in [2.24, 2.45) is 0 Å². The zero-order valence-corrected chi connectivity index (χ0v) is 20.0. The number of likely N-dealkylation sites (N-methyl/N-ethyl adjacent to an activating group) is 1. The number of carboxylic acid groups (broad SMARTS) is 2. The van der Waals surface area contributed by atoms with E-state index >= 15 is 0 Å². The van der Waals surface area contributed by atoms with Crippen LogP contribution in [0.5, 0.6) is 11.5 Å². The first kappa shape index (κ1) is 28.5. The number of aromatic nitrogens is 2. The number of anilines is 1. The third-order valence-electron chi connectivity index (χ3n) is 4.40. The van der Waals surface area contributed by atoms with Crippen molar-refractivity contribution in [2.45, 2.75) is 12.8 Å². The van der Waals surface area contributed by atoms with E-state index in [1.54, 1.807) is 26.5 Å². The lowest BCUT2D eigenvalue weighted by Crippen LogP contribution is -2.25. The molecule has 0 aliphatic carbocycles. The second kappa shape index (κ2) is 15.3. The van der Waals surface area contributed by atoms with E-state index < -0.39 is 11.9 Å². The molecule has 11 nitrogen and oxygen atoms in total. The van der Waals surface area contributed by atoms with Crippen LogP contribution in [0.25, 0.3) is 0 Å². The summed E-state index contributed by atoms with van der Waals surface area (Å²) in [6.07, 6.45) is 4.45. The third kappa shape index (κ3) is 10.8. The summed E-state index contributed by atoms with van der Waals surface area (Å²) in [5.41, 5.74) is 1.44. The fraction of sp³-hybridized carbons (Fsp3) is 0.364. The van der Waals surface area contributed by atoms with E-state index in [-0.39, 0.29) is 5.56 Å². The highest BCUT2D eigenvalue weighted by atomic mass is 35.5. The minimum absolute atomic E-state index is 0.203. The van der Waals surface area contributed by atoms with Gasteiger partial charge in [0, 0.05) is 31.4 Å². The van der Waals surface area contributed by atoms with Crippen molar-refractivity contribution in [3.8, 4) is 11.5 Å². The van der Waals surface area contributed by atoms with Crippen molar-refractivity contribution >= 4 is 29.2 Å². The van der Waals surface area contributed by atoms with Crippen LogP contribution >= 0.6 is 11.6 Å². The number of aliphatic carboxylic acids is 2. The molecule has 0 bridgehead atoms. The van der Waals surface area contributed by atoms with Crippen LogP contribution in [-0.2, 0) is 16.0 Å². The highest BCUT2D eigenvalue weighted by Crippen LogP contribution is 2.36. The number of methoxy groups -OCH3 is 2. The summed E-state index contributed by atoms with van der Waals surface area (Å²) in [5.74, 6) is -1.31. The quantitative estimate of drug-likeness (QED) is 0.253. The highest BCUT2D eigenvalue weighted by Gasteiger charge is 2.11. The molecule has 186 valence electrons. The zero-order valence-electron chi connectivity index (χ0n) is 19.2. The molecular weight excluding hydrogens is 468 g/mol. The van der Waals surface area contributed by atoms with E-state index in [1.165, 1.54) is 0 Å². The van der Waals surface area contributed by atoms with Gasteiger partial charge in [-0.25, -0.2) is 14.7 Å². The molecule has 0 spiro atoms. The van der Waals surface area contributed by atoms with Crippen molar-refractivity contribution in [2.75, 3.05) is 46.2 Å². The SMILES string of the molecule is COc1cc(CCN(C)CCCNc2ccn[nH]c2=O)cc(Cl)c1OC.O=C(O)/C=C/C(=O)O. The molecule has 2 rings (SSSR count). The number of benzene rings is 1. The Bertz CT molecular complexity index is 1010. The molecule has 0 unspecified atom stereocenters. The first-order valence-electron chi connectivity index (χ1n) is 10.2. The molecule has 0 atom stereocenters. The fourth-order valence-corrected chi connectivity index (χ4v) is 3.06. The van der Waals surface area contributed by atoms with Crippen molar-refractivity contribution in [1.29, 1.82) is 0 Å². The molecule has 2 aromatic rings. The predicted octanol–water partition coefficient (Wildman–Crippen LogP) is 2.13. The summed E-state index contributed by atoms with van der Waals surface area (Å²) in [5, 5.41) is 25.4. The number of aromatic amines is 1.